The van der Waals surface area contributed by atoms with Crippen molar-refractivity contribution >= 4 is 51.2 Å². The minimum absolute atomic E-state index is 0.0412. The number of phenols is 1. The summed E-state index contributed by atoms with van der Waals surface area (Å²) in [5, 5.41) is 26.0. The first-order valence-corrected chi connectivity index (χ1v) is 20.7. The summed E-state index contributed by atoms with van der Waals surface area (Å²) in [6.45, 7) is 4.81. The average Bonchev–Trinajstić information content (AvgIpc) is 3.16. The Labute approximate surface area is 347 Å². The summed E-state index contributed by atoms with van der Waals surface area (Å²) >= 11 is 6.21. The van der Waals surface area contributed by atoms with Gasteiger partial charge in [0.25, 0.3) is 5.56 Å². The predicted molar refractivity (Wildman–Crippen MR) is 214 cm³/mol. The van der Waals surface area contributed by atoms with Gasteiger partial charge in [-0.25, -0.2) is 14.2 Å². The number of aromatic hydroxyl groups is 1. The Hall–Kier alpha value is -4.93. The van der Waals surface area contributed by atoms with Crippen LogP contribution in [0, 0.1) is 11.3 Å². The maximum absolute atomic E-state index is 13.1. The van der Waals surface area contributed by atoms with E-state index < -0.39 is 54.6 Å². The maximum atomic E-state index is 13.1. The van der Waals surface area contributed by atoms with E-state index in [1.165, 1.54) is 38.0 Å². The molecule has 21 heteroatoms. The van der Waals surface area contributed by atoms with Crippen LogP contribution in [0.3, 0.4) is 0 Å². The summed E-state index contributed by atoms with van der Waals surface area (Å²) in [4.78, 5) is 55.4. The van der Waals surface area contributed by atoms with E-state index in [9.17, 15) is 42.0 Å². The number of ether oxygens (including phenoxy) is 3. The molecule has 4 rings (SSSR count). The van der Waals surface area contributed by atoms with Crippen molar-refractivity contribution in [2.75, 3.05) is 19.9 Å². The highest BCUT2D eigenvalue weighted by molar-refractivity contribution is 9.11. The molecule has 0 fully saturated rings. The first kappa shape index (κ1) is 49.2. The van der Waals surface area contributed by atoms with Crippen molar-refractivity contribution in [1.82, 2.24) is 9.13 Å². The lowest BCUT2D eigenvalue weighted by atomic mass is 10.1. The predicted octanol–water partition coefficient (Wildman–Crippen LogP) is 6.11. The van der Waals surface area contributed by atoms with Crippen LogP contribution in [0.4, 0.5) is 13.2 Å². The van der Waals surface area contributed by atoms with Crippen molar-refractivity contribution in [3.05, 3.63) is 113 Å². The molecule has 58 heavy (non-hydrogen) atoms. The van der Waals surface area contributed by atoms with Crippen molar-refractivity contribution in [2.24, 2.45) is 12.8 Å². The Morgan fingerprint density at radius 1 is 1.05 bits per heavy atom. The molecule has 0 radical (unpaired) electrons. The van der Waals surface area contributed by atoms with Gasteiger partial charge in [0, 0.05) is 31.5 Å². The number of carboxylic acid groups (broad SMARTS) is 1. The van der Waals surface area contributed by atoms with Gasteiger partial charge in [0.2, 0.25) is 0 Å². The number of phenolic OH excluding ortho intramolecular Hbond substituents is 1. The number of nitrogens with zero attached hydrogens (tertiary/aromatic N) is 3. The lowest BCUT2D eigenvalue weighted by molar-refractivity contribution is -0.148. The number of nitrogens with two attached hydrogens (primary N) is 1. The van der Waals surface area contributed by atoms with E-state index in [0.29, 0.717) is 46.8 Å². The maximum Gasteiger partial charge on any atom is 0.431 e. The summed E-state index contributed by atoms with van der Waals surface area (Å²) in [7, 11) is -0.884. The fraction of sp³-hybridized carbons (Fsp3) is 0.324. The normalized spacial score (nSPS) is 12.9. The highest BCUT2D eigenvalue weighted by Crippen LogP contribution is 2.36. The molecule has 4 aromatic rings. The standard InChI is InChI=1S/C25H25F3N2O6.C7H3Br2NO.C5H12NO4P/c1-5-16-6-7-17(20(12-16)36-15(2)23(32)34-4)14-35-19-10-8-18(9-11-19)30-22(31)13-21(25(26,27)28)29(3)24(30)33;8-5-1-4(3-10)2-6(9)7(5)11;1-11(9,10)3-2-4(6)5(7)8/h6-13,15H,5,14H2,1-4H3;1-2,11H;4H,2-3,6H2,1H3,(H,7,8)(H,9,10). The number of rotatable bonds is 12. The third-order valence-electron chi connectivity index (χ3n) is 7.79. The van der Waals surface area contributed by atoms with E-state index in [4.69, 9.17) is 35.2 Å². The number of hydrogen-bond acceptors (Lipinski definition) is 11. The van der Waals surface area contributed by atoms with E-state index >= 15 is 0 Å². The molecule has 0 aliphatic carbocycles. The number of carbonyl (C=O) groups is 2. The summed E-state index contributed by atoms with van der Waals surface area (Å²) in [5.74, 6) is -0.711. The number of methoxy groups -OCH3 is 1. The van der Waals surface area contributed by atoms with E-state index in [2.05, 4.69) is 31.9 Å². The van der Waals surface area contributed by atoms with Crippen molar-refractivity contribution in [3.63, 3.8) is 0 Å². The van der Waals surface area contributed by atoms with Gasteiger partial charge < -0.3 is 35.1 Å². The molecular weight excluding hydrogens is 924 g/mol. The zero-order valence-corrected chi connectivity index (χ0v) is 35.7. The minimum atomic E-state index is -4.84. The molecular formula is C37H40Br2F3N4O11P. The van der Waals surface area contributed by atoms with Crippen LogP contribution < -0.4 is 26.5 Å². The van der Waals surface area contributed by atoms with Gasteiger partial charge in [-0.1, -0.05) is 19.1 Å². The van der Waals surface area contributed by atoms with Crippen LogP contribution >= 0.6 is 39.2 Å². The number of hydrogen-bond donors (Lipinski definition) is 4. The van der Waals surface area contributed by atoms with Gasteiger partial charge in [-0.3, -0.25) is 18.7 Å². The van der Waals surface area contributed by atoms with Crippen molar-refractivity contribution in [3.8, 4) is 29.0 Å². The fourth-order valence-corrected chi connectivity index (χ4v) is 6.52. The number of halogens is 5. The number of carboxylic acids is 1. The Bertz CT molecular complexity index is 2270. The van der Waals surface area contributed by atoms with Gasteiger partial charge in [0.1, 0.15) is 35.6 Å². The van der Waals surface area contributed by atoms with Crippen molar-refractivity contribution in [1.29, 1.82) is 5.26 Å². The lowest BCUT2D eigenvalue weighted by Crippen LogP contribution is -2.40. The van der Waals surface area contributed by atoms with Gasteiger partial charge in [0.15, 0.2) is 13.5 Å². The number of aliphatic carboxylic acids is 1. The molecule has 0 amide bonds. The quantitative estimate of drug-likeness (QED) is 0.0928. The number of alkyl halides is 3. The number of aromatic nitrogens is 2. The van der Waals surface area contributed by atoms with Crippen molar-refractivity contribution in [2.45, 2.75) is 51.6 Å². The van der Waals surface area contributed by atoms with Crippen LogP contribution in [0.2, 0.25) is 0 Å². The first-order chi connectivity index (χ1) is 26.9. The first-order valence-electron chi connectivity index (χ1n) is 16.8. The monoisotopic (exact) mass is 962 g/mol. The topological polar surface area (TPSA) is 233 Å². The summed E-state index contributed by atoms with van der Waals surface area (Å²) < 4.78 is 68.2. The Morgan fingerprint density at radius 3 is 2.12 bits per heavy atom. The van der Waals surface area contributed by atoms with Crippen LogP contribution in [-0.2, 0) is 45.1 Å². The molecule has 0 saturated heterocycles. The van der Waals surface area contributed by atoms with Crippen LogP contribution in [0.1, 0.15) is 42.7 Å². The third kappa shape index (κ3) is 14.8. The molecule has 0 spiro atoms. The fourth-order valence-electron chi connectivity index (χ4n) is 4.57. The molecule has 3 atom stereocenters. The summed E-state index contributed by atoms with van der Waals surface area (Å²) in [5.41, 5.74) is 3.79. The van der Waals surface area contributed by atoms with Gasteiger partial charge in [-0.2, -0.15) is 18.4 Å². The molecule has 15 nitrogen and oxygen atoms in total. The highest BCUT2D eigenvalue weighted by Gasteiger charge is 2.35. The minimum Gasteiger partial charge on any atom is -0.506 e. The number of aryl methyl sites for hydroxylation is 1. The Morgan fingerprint density at radius 2 is 1.64 bits per heavy atom. The molecule has 5 N–H and O–H groups in total. The Balaban J connectivity index is 0.000000428. The molecule has 1 aromatic heterocycles. The smallest absolute Gasteiger partial charge is 0.431 e. The van der Waals surface area contributed by atoms with E-state index in [-0.39, 0.29) is 30.6 Å². The summed E-state index contributed by atoms with van der Waals surface area (Å²) in [6.07, 6.45) is -4.91. The molecule has 1 heterocycles. The second-order valence-electron chi connectivity index (χ2n) is 12.3. The molecule has 0 aliphatic rings. The van der Waals surface area contributed by atoms with Crippen LogP contribution in [0.15, 0.2) is 79.2 Å². The summed E-state index contributed by atoms with van der Waals surface area (Å²) in [6, 6.07) is 15.7. The number of carbonyl (C=O) groups excluding carboxylic acids is 1. The molecule has 314 valence electrons. The zero-order chi connectivity index (χ0) is 44.1. The molecule has 0 aliphatic heterocycles. The third-order valence-corrected chi connectivity index (χ3v) is 10.1. The molecule has 3 aromatic carbocycles. The van der Waals surface area contributed by atoms with Gasteiger partial charge in [0.05, 0.1) is 33.4 Å². The van der Waals surface area contributed by atoms with Crippen LogP contribution in [0.25, 0.3) is 5.69 Å². The number of nitriles is 1. The largest absolute Gasteiger partial charge is 0.506 e. The second-order valence-corrected chi connectivity index (χ2v) is 16.6. The van der Waals surface area contributed by atoms with E-state index in [1.54, 1.807) is 19.1 Å². The molecule has 0 saturated carbocycles. The van der Waals surface area contributed by atoms with E-state index in [1.807, 2.05) is 31.2 Å². The number of esters is 1. The SMILES string of the molecule is CCc1ccc(COc2ccc(-n3c(=O)cc(C(F)(F)F)n(C)c3=O)cc2)c(OC(C)C(=O)OC)c1.CP(=O)(O)CCC(N)C(=O)O.N#Cc1cc(Br)c(O)c(Br)c1. The molecule has 3 unspecified atom stereocenters. The average molecular weight is 965 g/mol. The Kier molecular flexibility index (Phi) is 18.4. The van der Waals surface area contributed by atoms with Crippen molar-refractivity contribution < 1.29 is 56.6 Å². The number of benzene rings is 3. The van der Waals surface area contributed by atoms with Gasteiger partial charge in [-0.05, 0) is 99.7 Å². The van der Waals surface area contributed by atoms with Crippen LogP contribution in [0.5, 0.6) is 17.2 Å². The second kappa shape index (κ2) is 21.7. The zero-order valence-electron chi connectivity index (χ0n) is 31.6. The molecule has 0 bridgehead atoms. The van der Waals surface area contributed by atoms with Crippen LogP contribution in [-0.4, -0.2) is 68.3 Å². The van der Waals surface area contributed by atoms with E-state index in [0.717, 1.165) is 19.0 Å². The lowest BCUT2D eigenvalue weighted by Gasteiger charge is -2.17. The van der Waals surface area contributed by atoms with Gasteiger partial charge in [-0.15, -0.1) is 0 Å². The van der Waals surface area contributed by atoms with Gasteiger partial charge >= 0.3 is 23.8 Å². The highest BCUT2D eigenvalue weighted by atomic mass is 79.9.